The Labute approximate surface area is 147 Å². The number of fused-ring (bicyclic) bond motifs is 1. The number of hydrogen-bond acceptors (Lipinski definition) is 4. The third-order valence-electron chi connectivity index (χ3n) is 4.02. The zero-order valence-electron chi connectivity index (χ0n) is 13.6. The van der Waals surface area contributed by atoms with E-state index in [-0.39, 0.29) is 18.3 Å². The summed E-state index contributed by atoms with van der Waals surface area (Å²) in [4.78, 5) is 18.1. The lowest BCUT2D eigenvalue weighted by molar-refractivity contribution is 0.0961. The molecule has 132 valence electrons. The number of benzene rings is 1. The lowest BCUT2D eigenvalue weighted by Gasteiger charge is -2.26. The Morgan fingerprint density at radius 3 is 2.54 bits per heavy atom. The van der Waals surface area contributed by atoms with Crippen LogP contribution in [0.5, 0.6) is 5.75 Å². The summed E-state index contributed by atoms with van der Waals surface area (Å²) < 4.78 is 33.1. The number of carbonyl (C=O) groups excluding carboxylic acids is 1. The van der Waals surface area contributed by atoms with Crippen LogP contribution in [-0.2, 0) is 13.2 Å². The van der Waals surface area contributed by atoms with Gasteiger partial charge in [0.05, 0.1) is 12.7 Å². The second-order valence-corrected chi connectivity index (χ2v) is 5.78. The van der Waals surface area contributed by atoms with Gasteiger partial charge in [0, 0.05) is 6.54 Å². The summed E-state index contributed by atoms with van der Waals surface area (Å²) in [5.41, 5.74) is 1.01. The minimum Gasteiger partial charge on any atom is -0.487 e. The average molecular weight is 356 g/mol. The van der Waals surface area contributed by atoms with E-state index in [4.69, 9.17) is 4.74 Å². The van der Waals surface area contributed by atoms with Crippen molar-refractivity contribution in [3.8, 4) is 5.75 Å². The van der Waals surface area contributed by atoms with Gasteiger partial charge < -0.3 is 4.74 Å². The number of aromatic nitrogens is 3. The zero-order valence-corrected chi connectivity index (χ0v) is 13.6. The van der Waals surface area contributed by atoms with Gasteiger partial charge in [0.1, 0.15) is 41.2 Å². The summed E-state index contributed by atoms with van der Waals surface area (Å²) in [7, 11) is 0. The molecule has 0 fully saturated rings. The van der Waals surface area contributed by atoms with Gasteiger partial charge in [-0.25, -0.2) is 13.8 Å². The first-order valence-electron chi connectivity index (χ1n) is 7.99. The maximum absolute atomic E-state index is 13.0. The Hall–Kier alpha value is -3.29. The minimum absolute atomic E-state index is 0.160. The van der Waals surface area contributed by atoms with Gasteiger partial charge in [0.25, 0.3) is 5.91 Å². The number of amides is 1. The number of pyridine rings is 1. The van der Waals surface area contributed by atoms with Crippen molar-refractivity contribution in [3.05, 3.63) is 71.7 Å². The van der Waals surface area contributed by atoms with Gasteiger partial charge in [0.15, 0.2) is 0 Å². The van der Waals surface area contributed by atoms with E-state index in [1.54, 1.807) is 10.7 Å². The van der Waals surface area contributed by atoms with Crippen LogP contribution in [0.2, 0.25) is 0 Å². The molecule has 0 bridgehead atoms. The third-order valence-corrected chi connectivity index (χ3v) is 4.02. The largest absolute Gasteiger partial charge is 0.487 e. The van der Waals surface area contributed by atoms with Crippen molar-refractivity contribution in [2.75, 3.05) is 11.4 Å². The Morgan fingerprint density at radius 1 is 1.04 bits per heavy atom. The standard InChI is InChI=1S/C18H14F2N4O2/c19-12-1-4-15(5-2-12)26-11-14-9-16-18(25)23(7-8-24(16)22-14)17-6-3-13(20)10-21-17/h1-6,9-10H,7-8,11H2. The fourth-order valence-corrected chi connectivity index (χ4v) is 2.75. The van der Waals surface area contributed by atoms with Gasteiger partial charge in [-0.15, -0.1) is 0 Å². The molecule has 4 rings (SSSR count). The molecule has 1 aliphatic rings. The Bertz CT molecular complexity index is 939. The molecule has 2 aromatic heterocycles. The maximum atomic E-state index is 13.0. The summed E-state index contributed by atoms with van der Waals surface area (Å²) in [6, 6.07) is 10.1. The topological polar surface area (TPSA) is 60.2 Å². The van der Waals surface area contributed by atoms with Crippen LogP contribution in [-0.4, -0.2) is 27.2 Å². The molecule has 6 nitrogen and oxygen atoms in total. The molecule has 1 aromatic carbocycles. The van der Waals surface area contributed by atoms with Gasteiger partial charge >= 0.3 is 0 Å². The number of hydrogen-bond donors (Lipinski definition) is 0. The van der Waals surface area contributed by atoms with Crippen molar-refractivity contribution in [1.82, 2.24) is 14.8 Å². The number of anilines is 1. The van der Waals surface area contributed by atoms with Gasteiger partial charge in [-0.05, 0) is 42.5 Å². The van der Waals surface area contributed by atoms with E-state index < -0.39 is 5.82 Å². The quantitative estimate of drug-likeness (QED) is 0.721. The number of ether oxygens (including phenoxy) is 1. The molecule has 0 saturated carbocycles. The van der Waals surface area contributed by atoms with Crippen molar-refractivity contribution in [1.29, 1.82) is 0 Å². The molecular weight excluding hydrogens is 342 g/mol. The van der Waals surface area contributed by atoms with Crippen molar-refractivity contribution < 1.29 is 18.3 Å². The summed E-state index contributed by atoms with van der Waals surface area (Å²) in [5.74, 6) is -0.136. The highest BCUT2D eigenvalue weighted by Crippen LogP contribution is 2.21. The van der Waals surface area contributed by atoms with E-state index in [0.717, 1.165) is 6.20 Å². The predicted octanol–water partition coefficient (Wildman–Crippen LogP) is 2.80. The van der Waals surface area contributed by atoms with Crippen molar-refractivity contribution >= 4 is 11.7 Å². The highest BCUT2D eigenvalue weighted by atomic mass is 19.1. The fourth-order valence-electron chi connectivity index (χ4n) is 2.75. The number of nitrogens with zero attached hydrogens (tertiary/aromatic N) is 4. The summed E-state index contributed by atoms with van der Waals surface area (Å²) in [6.07, 6.45) is 1.08. The van der Waals surface area contributed by atoms with E-state index >= 15 is 0 Å². The fraction of sp³-hybridized carbons (Fsp3) is 0.167. The molecular formula is C18H14F2N4O2. The van der Waals surface area contributed by atoms with Gasteiger partial charge in [0.2, 0.25) is 0 Å². The summed E-state index contributed by atoms with van der Waals surface area (Å²) >= 11 is 0. The lowest BCUT2D eigenvalue weighted by Crippen LogP contribution is -2.40. The summed E-state index contributed by atoms with van der Waals surface area (Å²) in [5, 5.41) is 4.37. The number of rotatable bonds is 4. The molecule has 0 radical (unpaired) electrons. The van der Waals surface area contributed by atoms with Crippen LogP contribution >= 0.6 is 0 Å². The molecule has 0 spiro atoms. The van der Waals surface area contributed by atoms with Gasteiger partial charge in [-0.2, -0.15) is 5.10 Å². The van der Waals surface area contributed by atoms with Crippen LogP contribution < -0.4 is 9.64 Å². The second-order valence-electron chi connectivity index (χ2n) is 5.78. The molecule has 0 aliphatic carbocycles. The third kappa shape index (κ3) is 3.13. The molecule has 26 heavy (non-hydrogen) atoms. The molecule has 3 aromatic rings. The molecule has 0 N–H and O–H groups in total. The normalized spacial score (nSPS) is 13.6. The first kappa shape index (κ1) is 16.2. The van der Waals surface area contributed by atoms with Crippen molar-refractivity contribution in [2.45, 2.75) is 13.2 Å². The van der Waals surface area contributed by atoms with E-state index in [1.165, 1.54) is 41.3 Å². The van der Waals surface area contributed by atoms with Crippen molar-refractivity contribution in [2.24, 2.45) is 0 Å². The van der Waals surface area contributed by atoms with E-state index in [9.17, 15) is 13.6 Å². The van der Waals surface area contributed by atoms with Crippen LogP contribution in [0.3, 0.4) is 0 Å². The monoisotopic (exact) mass is 356 g/mol. The highest BCUT2D eigenvalue weighted by molar-refractivity contribution is 6.05. The van der Waals surface area contributed by atoms with E-state index in [1.807, 2.05) is 0 Å². The summed E-state index contributed by atoms with van der Waals surface area (Å²) in [6.45, 7) is 1.05. The second kappa shape index (κ2) is 6.55. The van der Waals surface area contributed by atoms with Crippen LogP contribution in [0, 0.1) is 11.6 Å². The maximum Gasteiger partial charge on any atom is 0.277 e. The van der Waals surface area contributed by atoms with Crippen LogP contribution in [0.15, 0.2) is 48.7 Å². The van der Waals surface area contributed by atoms with Gasteiger partial charge in [-0.3, -0.25) is 14.4 Å². The Balaban J connectivity index is 1.49. The molecule has 0 atom stereocenters. The van der Waals surface area contributed by atoms with Crippen LogP contribution in [0.25, 0.3) is 0 Å². The van der Waals surface area contributed by atoms with E-state index in [2.05, 4.69) is 10.1 Å². The highest BCUT2D eigenvalue weighted by Gasteiger charge is 2.28. The van der Waals surface area contributed by atoms with Gasteiger partial charge in [-0.1, -0.05) is 0 Å². The molecule has 1 amide bonds. The van der Waals surface area contributed by atoms with E-state index in [0.29, 0.717) is 36.0 Å². The SMILES string of the molecule is O=C1c2cc(COc3ccc(F)cc3)nn2CCN1c1ccc(F)cn1. The number of halogens is 2. The molecule has 0 saturated heterocycles. The smallest absolute Gasteiger partial charge is 0.277 e. The van der Waals surface area contributed by atoms with Crippen LogP contribution in [0.4, 0.5) is 14.6 Å². The zero-order chi connectivity index (χ0) is 18.1. The molecule has 3 heterocycles. The average Bonchev–Trinajstić information content (AvgIpc) is 3.07. The molecule has 0 unspecified atom stereocenters. The Morgan fingerprint density at radius 2 is 1.81 bits per heavy atom. The first-order valence-corrected chi connectivity index (χ1v) is 7.99. The lowest BCUT2D eigenvalue weighted by atomic mass is 10.2. The Kier molecular flexibility index (Phi) is 4.08. The number of carbonyl (C=O) groups is 1. The van der Waals surface area contributed by atoms with Crippen LogP contribution in [0.1, 0.15) is 16.2 Å². The van der Waals surface area contributed by atoms with Crippen molar-refractivity contribution in [3.63, 3.8) is 0 Å². The molecule has 1 aliphatic heterocycles. The minimum atomic E-state index is -0.455. The first-order chi connectivity index (χ1) is 12.6. The molecule has 8 heteroatoms. The predicted molar refractivity (Wildman–Crippen MR) is 88.8 cm³/mol.